The molecular formula is C22H17Cl2N3O2. The predicted molar refractivity (Wildman–Crippen MR) is 113 cm³/mol. The molecule has 1 aromatic heterocycles. The molecule has 0 fully saturated rings. The van der Waals surface area contributed by atoms with Crippen molar-refractivity contribution in [3.8, 4) is 29.0 Å². The largest absolute Gasteiger partial charge is 0.439 e. The van der Waals surface area contributed by atoms with E-state index >= 15 is 0 Å². The van der Waals surface area contributed by atoms with Crippen LogP contribution in [0.25, 0.3) is 11.3 Å². The average molecular weight is 426 g/mol. The van der Waals surface area contributed by atoms with E-state index in [1.165, 1.54) is 0 Å². The monoisotopic (exact) mass is 425 g/mol. The van der Waals surface area contributed by atoms with E-state index in [0.29, 0.717) is 32.9 Å². The first kappa shape index (κ1) is 20.7. The summed E-state index contributed by atoms with van der Waals surface area (Å²) in [7, 11) is 0. The molecule has 0 aliphatic heterocycles. The summed E-state index contributed by atoms with van der Waals surface area (Å²) < 4.78 is 5.77. The maximum absolute atomic E-state index is 12.4. The number of ether oxygens (including phenoxy) is 1. The number of hydrogen-bond acceptors (Lipinski definition) is 4. The van der Waals surface area contributed by atoms with Crippen molar-refractivity contribution >= 4 is 29.1 Å². The van der Waals surface area contributed by atoms with Crippen molar-refractivity contribution in [2.24, 2.45) is 0 Å². The Hall–Kier alpha value is -3.07. The summed E-state index contributed by atoms with van der Waals surface area (Å²) in [4.78, 5) is 16.9. The topological polar surface area (TPSA) is 75.0 Å². The van der Waals surface area contributed by atoms with Gasteiger partial charge < -0.3 is 10.1 Å². The zero-order chi connectivity index (χ0) is 20.8. The summed E-state index contributed by atoms with van der Waals surface area (Å²) in [5, 5.41) is 12.5. The third-order valence-electron chi connectivity index (χ3n) is 3.98. The van der Waals surface area contributed by atoms with E-state index in [1.807, 2.05) is 24.3 Å². The zero-order valence-electron chi connectivity index (χ0n) is 15.5. The van der Waals surface area contributed by atoms with Gasteiger partial charge in [0.25, 0.3) is 5.91 Å². The lowest BCUT2D eigenvalue weighted by Crippen LogP contribution is -2.32. The first-order chi connectivity index (χ1) is 13.9. The lowest BCUT2D eigenvalue weighted by molar-refractivity contribution is 0.0941. The van der Waals surface area contributed by atoms with Crippen LogP contribution in [0, 0.1) is 11.3 Å². The highest BCUT2D eigenvalue weighted by molar-refractivity contribution is 6.34. The molecule has 3 rings (SSSR count). The molecule has 1 amide bonds. The van der Waals surface area contributed by atoms with Crippen LogP contribution in [0.3, 0.4) is 0 Å². The molecule has 1 atom stereocenters. The number of benzene rings is 2. The minimum absolute atomic E-state index is 0.226. The van der Waals surface area contributed by atoms with E-state index in [0.717, 1.165) is 5.56 Å². The highest BCUT2D eigenvalue weighted by Gasteiger charge is 2.11. The van der Waals surface area contributed by atoms with Gasteiger partial charge in [-0.25, -0.2) is 4.98 Å². The van der Waals surface area contributed by atoms with Crippen LogP contribution >= 0.6 is 23.2 Å². The molecule has 146 valence electrons. The van der Waals surface area contributed by atoms with Gasteiger partial charge >= 0.3 is 0 Å². The maximum Gasteiger partial charge on any atom is 0.251 e. The van der Waals surface area contributed by atoms with Crippen LogP contribution < -0.4 is 10.1 Å². The van der Waals surface area contributed by atoms with E-state index in [4.69, 9.17) is 33.2 Å². The van der Waals surface area contributed by atoms with Gasteiger partial charge in [-0.1, -0.05) is 41.4 Å². The van der Waals surface area contributed by atoms with E-state index < -0.39 is 0 Å². The molecule has 0 bridgehead atoms. The smallest absolute Gasteiger partial charge is 0.251 e. The van der Waals surface area contributed by atoms with Crippen LogP contribution in [0.1, 0.15) is 23.7 Å². The third kappa shape index (κ3) is 5.71. The fraction of sp³-hybridized carbons (Fsp3) is 0.136. The number of carbonyl (C=O) groups excluding carboxylic acids is 1. The Kier molecular flexibility index (Phi) is 6.71. The van der Waals surface area contributed by atoms with Crippen LogP contribution in [0.4, 0.5) is 0 Å². The molecule has 0 aliphatic rings. The quantitative estimate of drug-likeness (QED) is 0.534. The first-order valence-corrected chi connectivity index (χ1v) is 9.59. The van der Waals surface area contributed by atoms with Crippen molar-refractivity contribution in [1.29, 1.82) is 5.26 Å². The van der Waals surface area contributed by atoms with Gasteiger partial charge in [-0.15, -0.1) is 0 Å². The van der Waals surface area contributed by atoms with Gasteiger partial charge in [0.2, 0.25) is 5.88 Å². The minimum atomic E-state index is -0.240. The molecule has 2 aromatic carbocycles. The second kappa shape index (κ2) is 9.42. The second-order valence-electron chi connectivity index (χ2n) is 6.39. The Balaban J connectivity index is 1.82. The molecule has 0 spiro atoms. The number of nitrogens with zero attached hydrogens (tertiary/aromatic N) is 2. The Morgan fingerprint density at radius 3 is 2.59 bits per heavy atom. The molecule has 3 aromatic rings. The van der Waals surface area contributed by atoms with Crippen LogP contribution in [-0.4, -0.2) is 16.9 Å². The van der Waals surface area contributed by atoms with Crippen LogP contribution in [0.15, 0.2) is 60.7 Å². The van der Waals surface area contributed by atoms with E-state index in [9.17, 15) is 4.79 Å². The summed E-state index contributed by atoms with van der Waals surface area (Å²) >= 11 is 12.0. The van der Waals surface area contributed by atoms with E-state index in [2.05, 4.69) is 10.3 Å². The SMILES string of the molecule is CC(CC#N)NC(=O)c1cccc(-c2cccc(Oc3cc(Cl)cc(Cl)c3)n2)c1. The van der Waals surface area contributed by atoms with E-state index in [-0.39, 0.29) is 18.4 Å². The number of carbonyl (C=O) groups is 1. The fourth-order valence-corrected chi connectivity index (χ4v) is 3.16. The molecule has 1 unspecified atom stereocenters. The fourth-order valence-electron chi connectivity index (χ4n) is 2.66. The van der Waals surface area contributed by atoms with Crippen molar-refractivity contribution in [1.82, 2.24) is 10.3 Å². The molecular weight excluding hydrogens is 409 g/mol. The minimum Gasteiger partial charge on any atom is -0.439 e. The Morgan fingerprint density at radius 2 is 1.86 bits per heavy atom. The predicted octanol–water partition coefficient (Wildman–Crippen LogP) is 5.88. The number of nitrogens with one attached hydrogen (secondary N) is 1. The number of hydrogen-bond donors (Lipinski definition) is 1. The number of amides is 1. The van der Waals surface area contributed by atoms with Gasteiger partial charge in [-0.3, -0.25) is 4.79 Å². The normalized spacial score (nSPS) is 11.4. The Bertz CT molecular complexity index is 1060. The summed E-state index contributed by atoms with van der Waals surface area (Å²) in [6.45, 7) is 1.79. The van der Waals surface area contributed by atoms with Crippen LogP contribution in [-0.2, 0) is 0 Å². The van der Waals surface area contributed by atoms with Gasteiger partial charge in [0.15, 0.2) is 0 Å². The number of halogens is 2. The Morgan fingerprint density at radius 1 is 1.14 bits per heavy atom. The number of nitriles is 1. The summed E-state index contributed by atoms with van der Waals surface area (Å²) in [5.74, 6) is 0.612. The highest BCUT2D eigenvalue weighted by atomic mass is 35.5. The van der Waals surface area contributed by atoms with Crippen LogP contribution in [0.5, 0.6) is 11.6 Å². The molecule has 0 saturated carbocycles. The highest BCUT2D eigenvalue weighted by Crippen LogP contribution is 2.29. The van der Waals surface area contributed by atoms with Gasteiger partial charge in [0.05, 0.1) is 18.2 Å². The lowest BCUT2D eigenvalue weighted by Gasteiger charge is -2.11. The van der Waals surface area contributed by atoms with Crippen molar-refractivity contribution < 1.29 is 9.53 Å². The molecule has 29 heavy (non-hydrogen) atoms. The molecule has 0 radical (unpaired) electrons. The first-order valence-electron chi connectivity index (χ1n) is 8.84. The number of rotatable bonds is 6. The standard InChI is InChI=1S/C22H17Cl2N3O2/c1-14(8-9-25)26-22(28)16-5-2-4-15(10-16)20-6-3-7-21(27-20)29-19-12-17(23)11-18(24)13-19/h2-7,10-14H,8H2,1H3,(H,26,28). The van der Waals surface area contributed by atoms with Crippen molar-refractivity contribution in [2.45, 2.75) is 19.4 Å². The van der Waals surface area contributed by atoms with Crippen LogP contribution in [0.2, 0.25) is 10.0 Å². The second-order valence-corrected chi connectivity index (χ2v) is 7.26. The van der Waals surface area contributed by atoms with Gasteiger partial charge in [-0.05, 0) is 43.3 Å². The number of aromatic nitrogens is 1. The summed E-state index contributed by atoms with van der Waals surface area (Å²) in [5.41, 5.74) is 1.90. The van der Waals surface area contributed by atoms with Crippen molar-refractivity contribution in [3.05, 3.63) is 76.3 Å². The molecule has 0 saturated heterocycles. The van der Waals surface area contributed by atoms with Crippen molar-refractivity contribution in [3.63, 3.8) is 0 Å². The van der Waals surface area contributed by atoms with Gasteiger partial charge in [0.1, 0.15) is 5.75 Å². The average Bonchev–Trinajstić information content (AvgIpc) is 2.67. The van der Waals surface area contributed by atoms with Gasteiger partial charge in [-0.2, -0.15) is 5.26 Å². The van der Waals surface area contributed by atoms with Crippen molar-refractivity contribution in [2.75, 3.05) is 0 Å². The maximum atomic E-state index is 12.4. The zero-order valence-corrected chi connectivity index (χ0v) is 17.0. The molecule has 7 heteroatoms. The Labute approximate surface area is 178 Å². The summed E-state index contributed by atoms with van der Waals surface area (Å²) in [6, 6.07) is 19.2. The molecule has 0 aliphatic carbocycles. The third-order valence-corrected chi connectivity index (χ3v) is 4.41. The van der Waals surface area contributed by atoms with E-state index in [1.54, 1.807) is 49.4 Å². The molecule has 1 heterocycles. The van der Waals surface area contributed by atoms with Gasteiger partial charge in [0, 0.05) is 33.3 Å². The lowest BCUT2D eigenvalue weighted by atomic mass is 10.1. The molecule has 1 N–H and O–H groups in total. The summed E-state index contributed by atoms with van der Waals surface area (Å²) in [6.07, 6.45) is 0.250. The number of pyridine rings is 1. The molecule has 5 nitrogen and oxygen atoms in total.